The Labute approximate surface area is 202 Å². The zero-order chi connectivity index (χ0) is 25.3. The number of rotatable bonds is 6. The molecular formula is C26H21F7OS. The fourth-order valence-corrected chi connectivity index (χ4v) is 5.93. The van der Waals surface area contributed by atoms with Crippen molar-refractivity contribution in [2.24, 2.45) is 0 Å². The molecule has 35 heavy (non-hydrogen) atoms. The number of hydrogen-bond donors (Lipinski definition) is 0. The largest absolute Gasteiger partial charge is 0.464 e. The van der Waals surface area contributed by atoms with Crippen LogP contribution in [0.2, 0.25) is 0 Å². The molecule has 0 bridgehead atoms. The molecule has 3 aromatic rings. The Morgan fingerprint density at radius 2 is 1.23 bits per heavy atom. The lowest BCUT2D eigenvalue weighted by Gasteiger charge is -2.38. The molecule has 0 heterocycles. The van der Waals surface area contributed by atoms with Gasteiger partial charge in [0, 0.05) is 15.2 Å². The molecule has 0 N–H and O–H groups in total. The lowest BCUT2D eigenvalue weighted by Crippen LogP contribution is -2.58. The summed E-state index contributed by atoms with van der Waals surface area (Å²) in [5.74, 6) is -0.946. The van der Waals surface area contributed by atoms with Crippen molar-refractivity contribution in [2.45, 2.75) is 53.3 Å². The van der Waals surface area contributed by atoms with Crippen LogP contribution in [-0.4, -0.2) is 12.4 Å². The number of ether oxygens (including phenoxy) is 1. The van der Waals surface area contributed by atoms with Crippen LogP contribution in [0.3, 0.4) is 0 Å². The number of hydrogen-bond acceptors (Lipinski definition) is 2. The van der Waals surface area contributed by atoms with Crippen LogP contribution in [-0.2, 0) is 10.3 Å². The van der Waals surface area contributed by atoms with Crippen molar-refractivity contribution in [2.75, 3.05) is 0 Å². The highest BCUT2D eigenvalue weighted by atomic mass is 32.2. The molecule has 1 saturated carbocycles. The second-order valence-corrected chi connectivity index (χ2v) is 9.88. The normalized spacial score (nSPS) is 16.3. The maximum Gasteiger partial charge on any atom is 0.442 e. The Balaban J connectivity index is 1.76. The minimum absolute atomic E-state index is 0.395. The van der Waals surface area contributed by atoms with Gasteiger partial charge in [-0.25, -0.2) is 4.39 Å². The van der Waals surface area contributed by atoms with Crippen LogP contribution in [0, 0.1) is 5.82 Å². The summed E-state index contributed by atoms with van der Waals surface area (Å²) in [6, 6.07) is 16.3. The van der Waals surface area contributed by atoms with Gasteiger partial charge in [0.05, 0.1) is 0 Å². The van der Waals surface area contributed by atoms with Gasteiger partial charge >= 0.3 is 18.0 Å². The van der Waals surface area contributed by atoms with Crippen LogP contribution in [0.25, 0.3) is 0 Å². The Morgan fingerprint density at radius 1 is 0.686 bits per heavy atom. The molecule has 4 rings (SSSR count). The van der Waals surface area contributed by atoms with Crippen LogP contribution < -0.4 is 4.74 Å². The van der Waals surface area contributed by atoms with E-state index < -0.39 is 39.8 Å². The highest BCUT2D eigenvalue weighted by Crippen LogP contribution is 2.55. The quantitative estimate of drug-likeness (QED) is 0.304. The summed E-state index contributed by atoms with van der Waals surface area (Å²) >= 11 is 1.45. The van der Waals surface area contributed by atoms with E-state index in [2.05, 4.69) is 0 Å². The molecule has 186 valence electrons. The lowest BCUT2D eigenvalue weighted by atomic mass is 9.88. The fourth-order valence-electron chi connectivity index (χ4n) is 4.46. The molecule has 0 spiro atoms. The first kappa shape index (κ1) is 25.4. The zero-order valence-electron chi connectivity index (χ0n) is 18.3. The fraction of sp³-hybridized carbons (Fsp3) is 0.308. The molecule has 1 fully saturated rings. The van der Waals surface area contributed by atoms with Crippen LogP contribution >= 0.6 is 11.8 Å². The Kier molecular flexibility index (Phi) is 6.83. The predicted molar refractivity (Wildman–Crippen MR) is 120 cm³/mol. The molecule has 0 aromatic heterocycles. The SMILES string of the molecule is Fc1ccc(SC2(c3ccc(C(Oc4ccccc4)(C(F)(F)F)C(F)(F)F)cc3)CCCC2)cc1. The molecule has 0 amide bonds. The predicted octanol–water partition coefficient (Wildman–Crippen LogP) is 8.79. The molecule has 0 radical (unpaired) electrons. The van der Waals surface area contributed by atoms with Gasteiger partial charge in [0.2, 0.25) is 0 Å². The molecule has 0 aliphatic heterocycles. The highest BCUT2D eigenvalue weighted by Gasteiger charge is 2.74. The summed E-state index contributed by atoms with van der Waals surface area (Å²) in [4.78, 5) is 0.768. The van der Waals surface area contributed by atoms with E-state index >= 15 is 0 Å². The van der Waals surface area contributed by atoms with Gasteiger partial charge < -0.3 is 4.74 Å². The summed E-state index contributed by atoms with van der Waals surface area (Å²) in [6.45, 7) is 0. The molecule has 1 aliphatic carbocycles. The second-order valence-electron chi connectivity index (χ2n) is 8.43. The van der Waals surface area contributed by atoms with Gasteiger partial charge in [-0.2, -0.15) is 26.3 Å². The molecule has 3 aromatic carbocycles. The van der Waals surface area contributed by atoms with Crippen LogP contribution in [0.15, 0.2) is 83.8 Å². The van der Waals surface area contributed by atoms with Gasteiger partial charge in [-0.3, -0.25) is 0 Å². The van der Waals surface area contributed by atoms with E-state index in [4.69, 9.17) is 4.74 Å². The minimum atomic E-state index is -5.78. The second kappa shape index (κ2) is 9.41. The number of para-hydroxylation sites is 1. The number of alkyl halides is 6. The molecule has 0 saturated heterocycles. The van der Waals surface area contributed by atoms with Gasteiger partial charge in [0.1, 0.15) is 11.6 Å². The van der Waals surface area contributed by atoms with Crippen molar-refractivity contribution < 1.29 is 35.5 Å². The average Bonchev–Trinajstić information content (AvgIpc) is 3.28. The molecule has 1 aliphatic rings. The van der Waals surface area contributed by atoms with Crippen molar-refractivity contribution in [3.8, 4) is 5.75 Å². The highest BCUT2D eigenvalue weighted by molar-refractivity contribution is 8.00. The average molecular weight is 515 g/mol. The summed E-state index contributed by atoms with van der Waals surface area (Å²) in [5, 5.41) is 0. The van der Waals surface area contributed by atoms with Crippen molar-refractivity contribution in [3.63, 3.8) is 0 Å². The maximum absolute atomic E-state index is 14.2. The molecular weight excluding hydrogens is 493 g/mol. The first-order chi connectivity index (χ1) is 16.5. The number of halogens is 7. The lowest BCUT2D eigenvalue weighted by molar-refractivity contribution is -0.365. The van der Waals surface area contributed by atoms with Gasteiger partial charge in [-0.15, -0.1) is 11.8 Å². The van der Waals surface area contributed by atoms with Crippen molar-refractivity contribution in [3.05, 3.63) is 95.8 Å². The smallest absolute Gasteiger partial charge is 0.442 e. The first-order valence-corrected chi connectivity index (χ1v) is 11.7. The Bertz CT molecular complexity index is 1100. The first-order valence-electron chi connectivity index (χ1n) is 10.9. The summed E-state index contributed by atoms with van der Waals surface area (Å²) in [6.07, 6.45) is -8.45. The van der Waals surface area contributed by atoms with E-state index in [1.807, 2.05) is 0 Å². The van der Waals surface area contributed by atoms with Crippen molar-refractivity contribution in [1.82, 2.24) is 0 Å². The van der Waals surface area contributed by atoms with Crippen LogP contribution in [0.5, 0.6) is 5.75 Å². The van der Waals surface area contributed by atoms with E-state index in [1.54, 1.807) is 12.1 Å². The Hall–Kier alpha value is -2.68. The summed E-state index contributed by atoms with van der Waals surface area (Å²) in [5.41, 5.74) is -4.97. The van der Waals surface area contributed by atoms with Gasteiger partial charge in [0.15, 0.2) is 0 Å². The van der Waals surface area contributed by atoms with E-state index in [9.17, 15) is 30.7 Å². The van der Waals surface area contributed by atoms with E-state index in [1.165, 1.54) is 54.2 Å². The minimum Gasteiger partial charge on any atom is -0.464 e. The summed E-state index contributed by atoms with van der Waals surface area (Å²) in [7, 11) is 0. The molecule has 1 nitrogen and oxygen atoms in total. The molecule has 9 heteroatoms. The number of thioether (sulfide) groups is 1. The van der Waals surface area contributed by atoms with Crippen LogP contribution in [0.1, 0.15) is 36.8 Å². The topological polar surface area (TPSA) is 9.23 Å². The maximum atomic E-state index is 14.2. The third-order valence-corrected chi connectivity index (χ3v) is 7.71. The number of benzene rings is 3. The van der Waals surface area contributed by atoms with Gasteiger partial charge in [-0.1, -0.05) is 55.3 Å². The third kappa shape index (κ3) is 4.87. The van der Waals surface area contributed by atoms with Crippen LogP contribution in [0.4, 0.5) is 30.7 Å². The van der Waals surface area contributed by atoms with E-state index in [0.29, 0.717) is 18.4 Å². The monoisotopic (exact) mass is 514 g/mol. The third-order valence-electron chi connectivity index (χ3n) is 6.17. The van der Waals surface area contributed by atoms with Gasteiger partial charge in [0.25, 0.3) is 0 Å². The zero-order valence-corrected chi connectivity index (χ0v) is 19.1. The summed E-state index contributed by atoms with van der Waals surface area (Å²) < 4.78 is 102. The molecule has 0 unspecified atom stereocenters. The van der Waals surface area contributed by atoms with Gasteiger partial charge in [-0.05, 0) is 54.8 Å². The van der Waals surface area contributed by atoms with E-state index in [-0.39, 0.29) is 0 Å². The van der Waals surface area contributed by atoms with E-state index in [0.717, 1.165) is 42.0 Å². The Morgan fingerprint density at radius 3 is 1.74 bits per heavy atom. The van der Waals surface area contributed by atoms with Crippen molar-refractivity contribution in [1.29, 1.82) is 0 Å². The molecule has 0 atom stereocenters. The van der Waals surface area contributed by atoms with Crippen molar-refractivity contribution >= 4 is 11.8 Å². The standard InChI is InChI=1S/C26H21F7OS/c27-20-12-14-22(15-13-20)35-23(16-4-5-17-23)18-8-10-19(11-9-18)24(25(28,29)30,26(31,32)33)34-21-6-2-1-3-7-21/h1-3,6-15H,4-5,16-17H2.